The maximum Gasteiger partial charge on any atom is 0.138 e. The quantitative estimate of drug-likeness (QED) is 0.886. The molecule has 0 fully saturated rings. The monoisotopic (exact) mass is 261 g/mol. The summed E-state index contributed by atoms with van der Waals surface area (Å²) in [6, 6.07) is 8.03. The number of hydrogen-bond donors (Lipinski definition) is 1. The number of ether oxygens (including phenoxy) is 1. The predicted molar refractivity (Wildman–Crippen MR) is 76.3 cm³/mol. The van der Waals surface area contributed by atoms with Crippen LogP contribution in [0.4, 0.5) is 0 Å². The molecule has 1 aromatic rings. The Labute approximate surface area is 115 Å². The maximum absolute atomic E-state index is 12.4. The van der Waals surface area contributed by atoms with E-state index < -0.39 is 0 Å². The van der Waals surface area contributed by atoms with Gasteiger partial charge < -0.3 is 10.5 Å². The molecule has 104 valence electrons. The summed E-state index contributed by atoms with van der Waals surface area (Å²) in [6.07, 6.45) is 1.50. The van der Waals surface area contributed by atoms with E-state index in [1.54, 1.807) is 0 Å². The van der Waals surface area contributed by atoms with Gasteiger partial charge in [-0.05, 0) is 29.9 Å². The van der Waals surface area contributed by atoms with E-state index in [-0.39, 0.29) is 11.8 Å². The molecule has 0 aromatic heterocycles. The molecule has 2 atom stereocenters. The highest BCUT2D eigenvalue weighted by molar-refractivity contribution is 5.82. The van der Waals surface area contributed by atoms with Crippen molar-refractivity contribution in [2.45, 2.75) is 32.6 Å². The summed E-state index contributed by atoms with van der Waals surface area (Å²) in [5.74, 6) is 1.80. The summed E-state index contributed by atoms with van der Waals surface area (Å²) < 4.78 is 5.63. The fourth-order valence-electron chi connectivity index (χ4n) is 2.80. The molecule has 3 heteroatoms. The first kappa shape index (κ1) is 14.1. The van der Waals surface area contributed by atoms with Crippen LogP contribution >= 0.6 is 0 Å². The number of fused-ring (bicyclic) bond motifs is 1. The van der Waals surface area contributed by atoms with Gasteiger partial charge in [-0.3, -0.25) is 4.79 Å². The van der Waals surface area contributed by atoms with Gasteiger partial charge in [-0.1, -0.05) is 32.0 Å². The maximum atomic E-state index is 12.4. The molecular weight excluding hydrogens is 238 g/mol. The van der Waals surface area contributed by atoms with Gasteiger partial charge in [0.05, 0.1) is 6.61 Å². The average molecular weight is 261 g/mol. The van der Waals surface area contributed by atoms with E-state index >= 15 is 0 Å². The van der Waals surface area contributed by atoms with Crippen molar-refractivity contribution in [2.75, 3.05) is 13.2 Å². The van der Waals surface area contributed by atoms with Crippen molar-refractivity contribution in [1.29, 1.82) is 0 Å². The van der Waals surface area contributed by atoms with Crippen molar-refractivity contribution in [3.05, 3.63) is 29.8 Å². The van der Waals surface area contributed by atoms with E-state index in [9.17, 15) is 4.79 Å². The van der Waals surface area contributed by atoms with Gasteiger partial charge in [-0.25, -0.2) is 0 Å². The Morgan fingerprint density at radius 1 is 1.42 bits per heavy atom. The largest absolute Gasteiger partial charge is 0.493 e. The van der Waals surface area contributed by atoms with Crippen LogP contribution in [0, 0.1) is 11.8 Å². The van der Waals surface area contributed by atoms with Crippen LogP contribution in [0.5, 0.6) is 5.75 Å². The van der Waals surface area contributed by atoms with E-state index in [4.69, 9.17) is 10.5 Å². The van der Waals surface area contributed by atoms with E-state index in [1.807, 2.05) is 18.2 Å². The third-order valence-corrected chi connectivity index (χ3v) is 4.00. The van der Waals surface area contributed by atoms with Gasteiger partial charge in [0.2, 0.25) is 0 Å². The molecule has 1 heterocycles. The van der Waals surface area contributed by atoms with Crippen LogP contribution in [0.2, 0.25) is 0 Å². The molecule has 1 aliphatic rings. The lowest BCUT2D eigenvalue weighted by Gasteiger charge is -2.27. The first-order chi connectivity index (χ1) is 9.13. The first-order valence-electron chi connectivity index (χ1n) is 7.08. The Morgan fingerprint density at radius 3 is 2.84 bits per heavy atom. The lowest BCUT2D eigenvalue weighted by Crippen LogP contribution is -2.30. The molecule has 0 aliphatic carbocycles. The van der Waals surface area contributed by atoms with E-state index in [0.29, 0.717) is 31.3 Å². The number of rotatable bonds is 5. The molecule has 3 nitrogen and oxygen atoms in total. The van der Waals surface area contributed by atoms with Crippen LogP contribution in [0.15, 0.2) is 24.3 Å². The van der Waals surface area contributed by atoms with Gasteiger partial charge in [0.1, 0.15) is 11.5 Å². The Balaban J connectivity index is 2.10. The topological polar surface area (TPSA) is 52.3 Å². The zero-order valence-corrected chi connectivity index (χ0v) is 11.8. The zero-order valence-electron chi connectivity index (χ0n) is 11.8. The fourth-order valence-corrected chi connectivity index (χ4v) is 2.80. The highest BCUT2D eigenvalue weighted by Gasteiger charge is 2.27. The second kappa shape index (κ2) is 6.20. The fraction of sp³-hybridized carbons (Fsp3) is 0.562. The molecule has 0 amide bonds. The summed E-state index contributed by atoms with van der Waals surface area (Å²) in [4.78, 5) is 12.4. The van der Waals surface area contributed by atoms with E-state index in [2.05, 4.69) is 19.9 Å². The normalized spacial score (nSPS) is 19.7. The molecule has 0 saturated carbocycles. The number of hydrogen-bond acceptors (Lipinski definition) is 3. The van der Waals surface area contributed by atoms with Crippen molar-refractivity contribution in [3.8, 4) is 5.75 Å². The molecule has 0 spiro atoms. The summed E-state index contributed by atoms with van der Waals surface area (Å²) >= 11 is 0. The molecule has 0 saturated heterocycles. The minimum absolute atomic E-state index is 0.0185. The van der Waals surface area contributed by atoms with Gasteiger partial charge in [0.25, 0.3) is 0 Å². The summed E-state index contributed by atoms with van der Waals surface area (Å²) in [6.45, 7) is 5.27. The van der Waals surface area contributed by atoms with Crippen molar-refractivity contribution in [1.82, 2.24) is 0 Å². The second-order valence-electron chi connectivity index (χ2n) is 5.63. The third kappa shape index (κ3) is 3.16. The number of carbonyl (C=O) groups is 1. The molecule has 2 unspecified atom stereocenters. The van der Waals surface area contributed by atoms with E-state index in [1.165, 1.54) is 5.56 Å². The van der Waals surface area contributed by atoms with Gasteiger partial charge in [0, 0.05) is 18.9 Å². The van der Waals surface area contributed by atoms with Gasteiger partial charge >= 0.3 is 0 Å². The van der Waals surface area contributed by atoms with Crippen molar-refractivity contribution in [2.24, 2.45) is 17.6 Å². The van der Waals surface area contributed by atoms with Gasteiger partial charge in [0.15, 0.2) is 0 Å². The molecule has 0 bridgehead atoms. The van der Waals surface area contributed by atoms with Gasteiger partial charge in [-0.15, -0.1) is 0 Å². The number of ketones is 1. The molecule has 19 heavy (non-hydrogen) atoms. The van der Waals surface area contributed by atoms with Crippen LogP contribution in [-0.2, 0) is 4.79 Å². The van der Waals surface area contributed by atoms with Crippen LogP contribution in [0.1, 0.15) is 38.2 Å². The highest BCUT2D eigenvalue weighted by Crippen LogP contribution is 2.36. The lowest BCUT2D eigenvalue weighted by molar-refractivity contribution is -0.124. The second-order valence-corrected chi connectivity index (χ2v) is 5.63. The van der Waals surface area contributed by atoms with Crippen LogP contribution < -0.4 is 10.5 Å². The highest BCUT2D eigenvalue weighted by atomic mass is 16.5. The van der Waals surface area contributed by atoms with Gasteiger partial charge in [-0.2, -0.15) is 0 Å². The van der Waals surface area contributed by atoms with Crippen LogP contribution in [0.3, 0.4) is 0 Å². The van der Waals surface area contributed by atoms with Crippen molar-refractivity contribution >= 4 is 5.78 Å². The number of nitrogens with two attached hydrogens (primary N) is 1. The molecule has 1 aromatic carbocycles. The Kier molecular flexibility index (Phi) is 4.59. The number of carbonyl (C=O) groups excluding carboxylic acids is 1. The number of para-hydroxylation sites is 1. The van der Waals surface area contributed by atoms with Crippen molar-refractivity contribution in [3.63, 3.8) is 0 Å². The summed E-state index contributed by atoms with van der Waals surface area (Å²) in [7, 11) is 0. The Hall–Kier alpha value is -1.35. The molecule has 0 radical (unpaired) electrons. The molecule has 1 aliphatic heterocycles. The number of benzene rings is 1. The standard InChI is InChI=1S/C16H23NO2/c1-11(2)14(10-17)15(18)9-12-7-8-19-16-6-4-3-5-13(12)16/h3-6,11-12,14H,7-10,17H2,1-2H3. The summed E-state index contributed by atoms with van der Waals surface area (Å²) in [5.41, 5.74) is 6.90. The smallest absolute Gasteiger partial charge is 0.138 e. The van der Waals surface area contributed by atoms with E-state index in [0.717, 1.165) is 12.2 Å². The van der Waals surface area contributed by atoms with Crippen LogP contribution in [-0.4, -0.2) is 18.9 Å². The summed E-state index contributed by atoms with van der Waals surface area (Å²) in [5, 5.41) is 0. The molecular formula is C16H23NO2. The Bertz CT molecular complexity index is 442. The minimum atomic E-state index is -0.0185. The molecule has 2 rings (SSSR count). The number of Topliss-reactive ketones (excluding diaryl/α,β-unsaturated/α-hetero) is 1. The average Bonchev–Trinajstić information content (AvgIpc) is 2.39. The first-order valence-corrected chi connectivity index (χ1v) is 7.08. The third-order valence-electron chi connectivity index (χ3n) is 4.00. The minimum Gasteiger partial charge on any atom is -0.493 e. The van der Waals surface area contributed by atoms with Crippen LogP contribution in [0.25, 0.3) is 0 Å². The SMILES string of the molecule is CC(C)C(CN)C(=O)CC1CCOc2ccccc21. The lowest BCUT2D eigenvalue weighted by atomic mass is 9.82. The zero-order chi connectivity index (χ0) is 13.8. The predicted octanol–water partition coefficient (Wildman–Crippen LogP) is 2.74. The Morgan fingerprint density at radius 2 is 2.16 bits per heavy atom. The molecule has 2 N–H and O–H groups in total. The van der Waals surface area contributed by atoms with Crippen molar-refractivity contribution < 1.29 is 9.53 Å².